The van der Waals surface area contributed by atoms with Gasteiger partial charge >= 0.3 is 0 Å². The number of halogens is 1. The molecule has 2 heterocycles. The van der Waals surface area contributed by atoms with Crippen LogP contribution >= 0.6 is 11.6 Å². The number of likely N-dealkylation sites (N-methyl/N-ethyl adjacent to an activating group) is 1. The van der Waals surface area contributed by atoms with Gasteiger partial charge in [-0.25, -0.2) is 9.97 Å². The monoisotopic (exact) mass is 296 g/mol. The van der Waals surface area contributed by atoms with Gasteiger partial charge in [0.2, 0.25) is 0 Å². The van der Waals surface area contributed by atoms with Gasteiger partial charge in [-0.1, -0.05) is 32.4 Å². The van der Waals surface area contributed by atoms with Crippen molar-refractivity contribution in [2.24, 2.45) is 0 Å². The summed E-state index contributed by atoms with van der Waals surface area (Å²) in [6.45, 7) is 10.5. The van der Waals surface area contributed by atoms with E-state index in [4.69, 9.17) is 16.6 Å². The normalized spacial score (nSPS) is 21.0. The Kier molecular flexibility index (Phi) is 4.55. The molecule has 4 nitrogen and oxygen atoms in total. The van der Waals surface area contributed by atoms with Crippen LogP contribution in [0.4, 0.5) is 5.82 Å². The molecule has 1 unspecified atom stereocenters. The molecule has 1 fully saturated rings. The molecule has 1 aliphatic heterocycles. The van der Waals surface area contributed by atoms with Gasteiger partial charge < -0.3 is 10.2 Å². The average Bonchev–Trinajstić information content (AvgIpc) is 2.33. The van der Waals surface area contributed by atoms with Crippen LogP contribution in [0.15, 0.2) is 0 Å². The maximum absolute atomic E-state index is 6.27. The van der Waals surface area contributed by atoms with Crippen molar-refractivity contribution in [1.29, 1.82) is 0 Å². The van der Waals surface area contributed by atoms with Crippen molar-refractivity contribution in [1.82, 2.24) is 14.9 Å². The van der Waals surface area contributed by atoms with Crippen molar-refractivity contribution in [3.63, 3.8) is 0 Å². The SMILES string of the molecule is Cc1c(Cl)nc(C(C)(C)C)nc1NC1CCCN(C)C1. The van der Waals surface area contributed by atoms with Gasteiger partial charge in [0.05, 0.1) is 0 Å². The minimum atomic E-state index is -0.100. The second-order valence-corrected chi connectivity index (χ2v) is 7.17. The summed E-state index contributed by atoms with van der Waals surface area (Å²) in [7, 11) is 2.16. The summed E-state index contributed by atoms with van der Waals surface area (Å²) >= 11 is 6.27. The number of piperidine rings is 1. The predicted molar refractivity (Wildman–Crippen MR) is 84.6 cm³/mol. The maximum Gasteiger partial charge on any atom is 0.137 e. The topological polar surface area (TPSA) is 41.1 Å². The molecule has 1 aromatic heterocycles. The highest BCUT2D eigenvalue weighted by molar-refractivity contribution is 6.30. The van der Waals surface area contributed by atoms with Crippen LogP contribution in [0.3, 0.4) is 0 Å². The van der Waals surface area contributed by atoms with Crippen LogP contribution < -0.4 is 5.32 Å². The lowest BCUT2D eigenvalue weighted by Crippen LogP contribution is -2.40. The van der Waals surface area contributed by atoms with Crippen LogP contribution in [0.1, 0.15) is 45.0 Å². The summed E-state index contributed by atoms with van der Waals surface area (Å²) in [4.78, 5) is 11.5. The Hall–Kier alpha value is -0.870. The van der Waals surface area contributed by atoms with E-state index in [1.165, 1.54) is 19.4 Å². The van der Waals surface area contributed by atoms with E-state index in [9.17, 15) is 0 Å². The van der Waals surface area contributed by atoms with E-state index in [0.29, 0.717) is 11.2 Å². The highest BCUT2D eigenvalue weighted by atomic mass is 35.5. The lowest BCUT2D eigenvalue weighted by atomic mass is 9.95. The molecule has 1 saturated heterocycles. The Morgan fingerprint density at radius 2 is 2.00 bits per heavy atom. The van der Waals surface area contributed by atoms with E-state index in [0.717, 1.165) is 23.8 Å². The van der Waals surface area contributed by atoms with Crippen molar-refractivity contribution in [3.05, 3.63) is 16.5 Å². The predicted octanol–water partition coefficient (Wildman–Crippen LogP) is 3.24. The van der Waals surface area contributed by atoms with Gasteiger partial charge in [0.1, 0.15) is 16.8 Å². The summed E-state index contributed by atoms with van der Waals surface area (Å²) in [5, 5.41) is 4.11. The molecular weight excluding hydrogens is 272 g/mol. The van der Waals surface area contributed by atoms with E-state index >= 15 is 0 Å². The number of likely N-dealkylation sites (tertiary alicyclic amines) is 1. The molecule has 0 amide bonds. The van der Waals surface area contributed by atoms with Crippen molar-refractivity contribution >= 4 is 17.4 Å². The van der Waals surface area contributed by atoms with Crippen LogP contribution in [-0.4, -0.2) is 41.0 Å². The minimum absolute atomic E-state index is 0.100. The number of nitrogens with zero attached hydrogens (tertiary/aromatic N) is 3. The summed E-state index contributed by atoms with van der Waals surface area (Å²) in [6, 6.07) is 0.436. The first-order valence-corrected chi connectivity index (χ1v) is 7.65. The molecule has 0 bridgehead atoms. The van der Waals surface area contributed by atoms with Crippen LogP contribution in [-0.2, 0) is 5.41 Å². The standard InChI is InChI=1S/C15H25ClN4/c1-10-12(16)18-14(15(2,3)4)19-13(10)17-11-7-6-8-20(5)9-11/h11H,6-9H2,1-5H3,(H,17,18,19). The number of hydrogen-bond donors (Lipinski definition) is 1. The van der Waals surface area contributed by atoms with Gasteiger partial charge in [0, 0.05) is 23.6 Å². The molecule has 20 heavy (non-hydrogen) atoms. The van der Waals surface area contributed by atoms with Crippen LogP contribution in [0.25, 0.3) is 0 Å². The Labute approximate surface area is 126 Å². The van der Waals surface area contributed by atoms with Gasteiger partial charge in [-0.3, -0.25) is 0 Å². The van der Waals surface area contributed by atoms with Crippen molar-refractivity contribution < 1.29 is 0 Å². The van der Waals surface area contributed by atoms with E-state index < -0.39 is 0 Å². The molecule has 0 aromatic carbocycles. The van der Waals surface area contributed by atoms with Gasteiger partial charge in [-0.2, -0.15) is 0 Å². The number of anilines is 1. The van der Waals surface area contributed by atoms with Crippen molar-refractivity contribution in [3.8, 4) is 0 Å². The summed E-state index contributed by atoms with van der Waals surface area (Å²) in [6.07, 6.45) is 2.40. The zero-order chi connectivity index (χ0) is 14.9. The fourth-order valence-electron chi connectivity index (χ4n) is 2.44. The number of aromatic nitrogens is 2. The molecule has 1 aromatic rings. The zero-order valence-electron chi connectivity index (χ0n) is 13.1. The average molecular weight is 297 g/mol. The second kappa shape index (κ2) is 5.86. The molecule has 0 aliphatic carbocycles. The van der Waals surface area contributed by atoms with E-state index in [2.05, 4.69) is 43.0 Å². The molecule has 0 radical (unpaired) electrons. The molecule has 112 valence electrons. The Bertz CT molecular complexity index is 481. The zero-order valence-corrected chi connectivity index (χ0v) is 13.9. The largest absolute Gasteiger partial charge is 0.366 e. The van der Waals surface area contributed by atoms with Gasteiger partial charge in [0.25, 0.3) is 0 Å². The number of hydrogen-bond acceptors (Lipinski definition) is 4. The fraction of sp³-hybridized carbons (Fsp3) is 0.733. The molecule has 0 saturated carbocycles. The van der Waals surface area contributed by atoms with Crippen molar-refractivity contribution in [2.45, 2.75) is 52.0 Å². The third kappa shape index (κ3) is 3.61. The van der Waals surface area contributed by atoms with E-state index in [-0.39, 0.29) is 5.41 Å². The fourth-order valence-corrected chi connectivity index (χ4v) is 2.61. The van der Waals surface area contributed by atoms with Gasteiger partial charge in [-0.15, -0.1) is 0 Å². The summed E-state index contributed by atoms with van der Waals surface area (Å²) in [5.41, 5.74) is 0.838. The molecule has 2 rings (SSSR count). The second-order valence-electron chi connectivity index (χ2n) is 6.81. The molecule has 1 atom stereocenters. The minimum Gasteiger partial charge on any atom is -0.366 e. The lowest BCUT2D eigenvalue weighted by molar-refractivity contribution is 0.260. The van der Waals surface area contributed by atoms with Gasteiger partial charge in [0.15, 0.2) is 0 Å². The molecule has 0 spiro atoms. The first kappa shape index (κ1) is 15.5. The summed E-state index contributed by atoms with van der Waals surface area (Å²) < 4.78 is 0. The van der Waals surface area contributed by atoms with Crippen LogP contribution in [0.2, 0.25) is 5.15 Å². The maximum atomic E-state index is 6.27. The third-order valence-corrected chi connectivity index (χ3v) is 4.09. The number of rotatable bonds is 2. The molecule has 1 aliphatic rings. The molecule has 1 N–H and O–H groups in total. The highest BCUT2D eigenvalue weighted by Gasteiger charge is 2.23. The smallest absolute Gasteiger partial charge is 0.137 e. The van der Waals surface area contributed by atoms with Crippen molar-refractivity contribution in [2.75, 3.05) is 25.5 Å². The molecule has 5 heteroatoms. The Morgan fingerprint density at radius 1 is 1.30 bits per heavy atom. The first-order valence-electron chi connectivity index (χ1n) is 7.27. The first-order chi connectivity index (χ1) is 9.27. The Morgan fingerprint density at radius 3 is 2.60 bits per heavy atom. The van der Waals surface area contributed by atoms with E-state index in [1.54, 1.807) is 0 Å². The Balaban J connectivity index is 2.24. The van der Waals surface area contributed by atoms with E-state index in [1.807, 2.05) is 6.92 Å². The quantitative estimate of drug-likeness (QED) is 0.851. The van der Waals surface area contributed by atoms with Crippen LogP contribution in [0, 0.1) is 6.92 Å². The van der Waals surface area contributed by atoms with Gasteiger partial charge in [-0.05, 0) is 33.4 Å². The summed E-state index contributed by atoms with van der Waals surface area (Å²) in [5.74, 6) is 1.68. The van der Waals surface area contributed by atoms with Crippen LogP contribution in [0.5, 0.6) is 0 Å². The molecular formula is C15H25ClN4. The lowest BCUT2D eigenvalue weighted by Gasteiger charge is -2.31. The number of nitrogens with one attached hydrogen (secondary N) is 1. The highest BCUT2D eigenvalue weighted by Crippen LogP contribution is 2.27. The third-order valence-electron chi connectivity index (χ3n) is 3.72.